The predicted octanol–water partition coefficient (Wildman–Crippen LogP) is 1.42. The molecule has 0 radical (unpaired) electrons. The molecular weight excluding hydrogens is 248 g/mol. The first kappa shape index (κ1) is 14.9. The van der Waals surface area contributed by atoms with E-state index < -0.39 is 12.1 Å². The van der Waals surface area contributed by atoms with Crippen LogP contribution in [0.2, 0.25) is 0 Å². The number of aromatic nitrogens is 1. The molecule has 1 rings (SSSR count). The number of pyridine rings is 1. The van der Waals surface area contributed by atoms with Gasteiger partial charge in [-0.1, -0.05) is 0 Å². The van der Waals surface area contributed by atoms with Crippen molar-refractivity contribution in [3.05, 3.63) is 24.0 Å². The topological polar surface area (TPSA) is 79.7 Å². The molecule has 1 aromatic rings. The summed E-state index contributed by atoms with van der Waals surface area (Å²) in [7, 11) is 0. The van der Waals surface area contributed by atoms with Crippen LogP contribution in [0.4, 0.5) is 0 Å². The van der Waals surface area contributed by atoms with Gasteiger partial charge in [0, 0.05) is 13.1 Å². The van der Waals surface area contributed by atoms with E-state index in [1.165, 1.54) is 18.3 Å². The Morgan fingerprint density at radius 3 is 2.42 bits per heavy atom. The van der Waals surface area contributed by atoms with Crippen molar-refractivity contribution >= 4 is 11.9 Å². The summed E-state index contributed by atoms with van der Waals surface area (Å²) in [6.07, 6.45) is 0.674. The van der Waals surface area contributed by atoms with Crippen molar-refractivity contribution in [3.63, 3.8) is 0 Å². The minimum absolute atomic E-state index is 0.0601. The molecule has 0 aliphatic rings. The normalized spacial score (nSPS) is 11.7. The van der Waals surface area contributed by atoms with Crippen LogP contribution >= 0.6 is 0 Å². The molecule has 0 saturated carbocycles. The third-order valence-corrected chi connectivity index (χ3v) is 2.69. The molecule has 0 aliphatic heterocycles. The number of carbonyl (C=O) groups excluding carboxylic acids is 1. The summed E-state index contributed by atoms with van der Waals surface area (Å²) in [5, 5.41) is 8.72. The van der Waals surface area contributed by atoms with Gasteiger partial charge in [-0.05, 0) is 32.9 Å². The van der Waals surface area contributed by atoms with E-state index in [0.29, 0.717) is 18.8 Å². The van der Waals surface area contributed by atoms with Gasteiger partial charge < -0.3 is 14.7 Å². The highest BCUT2D eigenvalue weighted by atomic mass is 16.5. The van der Waals surface area contributed by atoms with Gasteiger partial charge in [0.2, 0.25) is 0 Å². The van der Waals surface area contributed by atoms with E-state index >= 15 is 0 Å². The Morgan fingerprint density at radius 1 is 1.37 bits per heavy atom. The lowest BCUT2D eigenvalue weighted by Gasteiger charge is -2.23. The molecule has 0 bridgehead atoms. The van der Waals surface area contributed by atoms with E-state index in [2.05, 4.69) is 4.98 Å². The van der Waals surface area contributed by atoms with Crippen molar-refractivity contribution in [2.24, 2.45) is 0 Å². The van der Waals surface area contributed by atoms with Crippen LogP contribution in [0.15, 0.2) is 18.3 Å². The summed E-state index contributed by atoms with van der Waals surface area (Å²) in [4.78, 5) is 28.0. The Kier molecular flexibility index (Phi) is 5.29. The number of hydrogen-bond acceptors (Lipinski definition) is 4. The molecule has 1 amide bonds. The van der Waals surface area contributed by atoms with Gasteiger partial charge in [0.1, 0.15) is 11.4 Å². The van der Waals surface area contributed by atoms with Gasteiger partial charge in [-0.25, -0.2) is 9.78 Å². The summed E-state index contributed by atoms with van der Waals surface area (Å²) < 4.78 is 5.45. The molecule has 1 heterocycles. The van der Waals surface area contributed by atoms with E-state index in [1.54, 1.807) is 11.8 Å². The highest BCUT2D eigenvalue weighted by Crippen LogP contribution is 2.12. The van der Waals surface area contributed by atoms with E-state index in [0.717, 1.165) is 0 Å². The highest BCUT2D eigenvalue weighted by Gasteiger charge is 2.19. The molecule has 104 valence electrons. The van der Waals surface area contributed by atoms with Crippen LogP contribution < -0.4 is 4.74 Å². The average molecular weight is 266 g/mol. The maximum atomic E-state index is 12.0. The molecule has 1 aromatic heterocycles. The van der Waals surface area contributed by atoms with Crippen LogP contribution in [0.1, 0.15) is 31.3 Å². The number of likely N-dealkylation sites (N-methyl/N-ethyl adjacent to an activating group) is 1. The number of nitrogens with zero attached hydrogens (tertiary/aromatic N) is 2. The monoisotopic (exact) mass is 266 g/mol. The Balaban J connectivity index is 2.68. The quantitative estimate of drug-likeness (QED) is 0.842. The molecule has 0 aliphatic carbocycles. The van der Waals surface area contributed by atoms with Crippen molar-refractivity contribution in [1.82, 2.24) is 9.88 Å². The van der Waals surface area contributed by atoms with E-state index in [-0.39, 0.29) is 11.6 Å². The van der Waals surface area contributed by atoms with Gasteiger partial charge in [0.25, 0.3) is 5.91 Å². The van der Waals surface area contributed by atoms with Crippen LogP contribution in [0, 0.1) is 0 Å². The first-order valence-corrected chi connectivity index (χ1v) is 6.14. The Labute approximate surface area is 112 Å². The van der Waals surface area contributed by atoms with Crippen LogP contribution in [0.25, 0.3) is 0 Å². The van der Waals surface area contributed by atoms with Crippen LogP contribution in [-0.4, -0.2) is 46.1 Å². The van der Waals surface area contributed by atoms with Crippen molar-refractivity contribution in [2.75, 3.05) is 13.1 Å². The van der Waals surface area contributed by atoms with Gasteiger partial charge in [-0.3, -0.25) is 4.79 Å². The second-order valence-corrected chi connectivity index (χ2v) is 3.95. The summed E-state index contributed by atoms with van der Waals surface area (Å²) >= 11 is 0. The predicted molar refractivity (Wildman–Crippen MR) is 69.2 cm³/mol. The smallest absolute Gasteiger partial charge is 0.354 e. The minimum atomic E-state index is -1.10. The molecule has 1 N–H and O–H groups in total. The lowest BCUT2D eigenvalue weighted by molar-refractivity contribution is -0.137. The largest absolute Gasteiger partial charge is 0.479 e. The number of amides is 1. The van der Waals surface area contributed by atoms with Gasteiger partial charge in [-0.2, -0.15) is 0 Å². The number of ether oxygens (including phenoxy) is 1. The Bertz CT molecular complexity index is 440. The van der Waals surface area contributed by atoms with E-state index in [9.17, 15) is 9.59 Å². The Morgan fingerprint density at radius 2 is 2.00 bits per heavy atom. The lowest BCUT2D eigenvalue weighted by atomic mass is 10.3. The molecular formula is C13H18N2O4. The number of rotatable bonds is 6. The summed E-state index contributed by atoms with van der Waals surface area (Å²) in [5.74, 6) is -0.830. The zero-order valence-electron chi connectivity index (χ0n) is 11.3. The number of carbonyl (C=O) groups is 2. The number of carboxylic acids is 1. The third-order valence-electron chi connectivity index (χ3n) is 2.69. The average Bonchev–Trinajstić information content (AvgIpc) is 2.40. The minimum Gasteiger partial charge on any atom is -0.479 e. The molecule has 0 saturated heterocycles. The third kappa shape index (κ3) is 3.94. The van der Waals surface area contributed by atoms with Crippen LogP contribution in [0.5, 0.6) is 5.75 Å². The fourth-order valence-corrected chi connectivity index (χ4v) is 1.62. The van der Waals surface area contributed by atoms with Crippen LogP contribution in [0.3, 0.4) is 0 Å². The number of carboxylic acid groups (broad SMARTS) is 1. The van der Waals surface area contributed by atoms with E-state index in [1.807, 2.05) is 13.8 Å². The summed E-state index contributed by atoms with van der Waals surface area (Å²) in [6.45, 7) is 6.71. The molecule has 0 spiro atoms. The van der Waals surface area contributed by atoms with Crippen molar-refractivity contribution in [3.8, 4) is 5.75 Å². The van der Waals surface area contributed by atoms with Crippen molar-refractivity contribution in [1.29, 1.82) is 0 Å². The van der Waals surface area contributed by atoms with Gasteiger partial charge in [-0.15, -0.1) is 0 Å². The molecule has 6 heteroatoms. The SMILES string of the molecule is CCN(CC)C(=O)C(C)Oc1ccc(C(=O)O)nc1. The van der Waals surface area contributed by atoms with Crippen molar-refractivity contribution < 1.29 is 19.4 Å². The molecule has 0 fully saturated rings. The fourth-order valence-electron chi connectivity index (χ4n) is 1.62. The highest BCUT2D eigenvalue weighted by molar-refractivity contribution is 5.85. The standard InChI is InChI=1S/C13H18N2O4/c1-4-15(5-2)12(16)9(3)19-10-6-7-11(13(17)18)14-8-10/h6-9H,4-5H2,1-3H3,(H,17,18). The first-order valence-electron chi connectivity index (χ1n) is 6.14. The molecule has 6 nitrogen and oxygen atoms in total. The maximum absolute atomic E-state index is 12.0. The van der Waals surface area contributed by atoms with Gasteiger partial charge in [0.15, 0.2) is 6.10 Å². The number of aromatic carboxylic acids is 1. The molecule has 1 atom stereocenters. The van der Waals surface area contributed by atoms with Gasteiger partial charge in [0.05, 0.1) is 6.20 Å². The summed E-state index contributed by atoms with van der Waals surface area (Å²) in [6, 6.07) is 2.83. The fraction of sp³-hybridized carbons (Fsp3) is 0.462. The molecule has 0 aromatic carbocycles. The van der Waals surface area contributed by atoms with E-state index in [4.69, 9.17) is 9.84 Å². The first-order chi connectivity index (χ1) is 8.99. The lowest BCUT2D eigenvalue weighted by Crippen LogP contribution is -2.40. The van der Waals surface area contributed by atoms with Gasteiger partial charge >= 0.3 is 5.97 Å². The zero-order chi connectivity index (χ0) is 14.4. The zero-order valence-corrected chi connectivity index (χ0v) is 11.3. The molecule has 19 heavy (non-hydrogen) atoms. The summed E-state index contributed by atoms with van der Waals surface area (Å²) in [5.41, 5.74) is -0.0601. The molecule has 1 unspecified atom stereocenters. The number of hydrogen-bond donors (Lipinski definition) is 1. The van der Waals surface area contributed by atoms with Crippen molar-refractivity contribution in [2.45, 2.75) is 26.9 Å². The second kappa shape index (κ2) is 6.72. The Hall–Kier alpha value is -2.11. The van der Waals surface area contributed by atoms with Crippen LogP contribution in [-0.2, 0) is 4.79 Å². The second-order valence-electron chi connectivity index (χ2n) is 3.95. The maximum Gasteiger partial charge on any atom is 0.354 e.